The molecular weight excluding hydrogens is 222 g/mol. The van der Waals surface area contributed by atoms with Crippen molar-refractivity contribution in [1.29, 1.82) is 0 Å². The first-order chi connectivity index (χ1) is 7.43. The van der Waals surface area contributed by atoms with Gasteiger partial charge in [-0.3, -0.25) is 4.79 Å². The Morgan fingerprint density at radius 3 is 2.62 bits per heavy atom. The number of hydrogen-bond donors (Lipinski definition) is 1. The molecule has 0 saturated heterocycles. The van der Waals surface area contributed by atoms with E-state index in [4.69, 9.17) is 10.5 Å². The Kier molecular flexibility index (Phi) is 4.10. The first-order valence-electron chi connectivity index (χ1n) is 5.36. The lowest BCUT2D eigenvalue weighted by atomic mass is 9.84. The Bertz CT molecular complexity index is 371. The minimum absolute atomic E-state index is 0.272. The van der Waals surface area contributed by atoms with Gasteiger partial charge >= 0.3 is 5.97 Å². The molecular formula is C12H19NO2S. The summed E-state index contributed by atoms with van der Waals surface area (Å²) < 4.78 is 4.78. The second-order valence-electron chi connectivity index (χ2n) is 4.35. The number of esters is 1. The molecule has 4 heteroatoms. The van der Waals surface area contributed by atoms with Gasteiger partial charge in [-0.15, -0.1) is 11.3 Å². The molecule has 0 radical (unpaired) electrons. The predicted molar refractivity (Wildman–Crippen MR) is 66.4 cm³/mol. The van der Waals surface area contributed by atoms with Crippen LogP contribution in [0.15, 0.2) is 12.1 Å². The molecule has 0 saturated carbocycles. The van der Waals surface area contributed by atoms with Crippen LogP contribution in [-0.4, -0.2) is 13.1 Å². The maximum Gasteiger partial charge on any atom is 0.313 e. The number of aryl methyl sites for hydroxylation is 1. The summed E-state index contributed by atoms with van der Waals surface area (Å²) in [6.07, 6.45) is 0.996. The van der Waals surface area contributed by atoms with Crippen molar-refractivity contribution >= 4 is 17.3 Å². The van der Waals surface area contributed by atoms with Crippen LogP contribution in [0.5, 0.6) is 0 Å². The zero-order chi connectivity index (χ0) is 12.3. The van der Waals surface area contributed by atoms with E-state index < -0.39 is 5.41 Å². The van der Waals surface area contributed by atoms with Gasteiger partial charge in [0, 0.05) is 9.75 Å². The van der Waals surface area contributed by atoms with E-state index in [-0.39, 0.29) is 12.0 Å². The number of thiophene rings is 1. The highest BCUT2D eigenvalue weighted by molar-refractivity contribution is 7.12. The van der Waals surface area contributed by atoms with Crippen molar-refractivity contribution in [1.82, 2.24) is 0 Å². The number of rotatable bonds is 4. The SMILES string of the molecule is CCc1ccc([C@@H](N)C(C)(C)C(=O)OC)s1. The molecule has 1 atom stereocenters. The first-order valence-corrected chi connectivity index (χ1v) is 6.17. The molecule has 0 amide bonds. The van der Waals surface area contributed by atoms with Crippen LogP contribution in [0, 0.1) is 5.41 Å². The standard InChI is InChI=1S/C12H19NO2S/c1-5-8-6-7-9(16-8)10(13)12(2,3)11(14)15-4/h6-7,10H,5,13H2,1-4H3/t10-/m1/s1. The highest BCUT2D eigenvalue weighted by Crippen LogP contribution is 2.35. The maximum absolute atomic E-state index is 11.6. The summed E-state index contributed by atoms with van der Waals surface area (Å²) in [5, 5.41) is 0. The van der Waals surface area contributed by atoms with Gasteiger partial charge in [-0.2, -0.15) is 0 Å². The number of carbonyl (C=O) groups excluding carboxylic acids is 1. The molecule has 1 aromatic heterocycles. The second kappa shape index (κ2) is 4.97. The summed E-state index contributed by atoms with van der Waals surface area (Å²) >= 11 is 1.66. The largest absolute Gasteiger partial charge is 0.469 e. The molecule has 1 aromatic rings. The smallest absolute Gasteiger partial charge is 0.313 e. The fourth-order valence-corrected chi connectivity index (χ4v) is 2.64. The lowest BCUT2D eigenvalue weighted by Crippen LogP contribution is -2.36. The van der Waals surface area contributed by atoms with Crippen LogP contribution in [0.3, 0.4) is 0 Å². The van der Waals surface area contributed by atoms with E-state index in [9.17, 15) is 4.79 Å². The lowest BCUT2D eigenvalue weighted by molar-refractivity contribution is -0.152. The fourth-order valence-electron chi connectivity index (χ4n) is 1.50. The van der Waals surface area contributed by atoms with Gasteiger partial charge in [0.25, 0.3) is 0 Å². The quantitative estimate of drug-likeness (QED) is 0.824. The molecule has 0 aliphatic rings. The molecule has 2 N–H and O–H groups in total. The molecule has 0 aromatic carbocycles. The van der Waals surface area contributed by atoms with Gasteiger partial charge < -0.3 is 10.5 Å². The van der Waals surface area contributed by atoms with Crippen molar-refractivity contribution in [2.24, 2.45) is 11.1 Å². The van der Waals surface area contributed by atoms with Crippen LogP contribution < -0.4 is 5.73 Å². The highest BCUT2D eigenvalue weighted by atomic mass is 32.1. The van der Waals surface area contributed by atoms with Crippen LogP contribution in [0.4, 0.5) is 0 Å². The van der Waals surface area contributed by atoms with E-state index >= 15 is 0 Å². The van der Waals surface area contributed by atoms with Gasteiger partial charge in [-0.1, -0.05) is 6.92 Å². The van der Waals surface area contributed by atoms with Gasteiger partial charge in [0.05, 0.1) is 18.6 Å². The van der Waals surface area contributed by atoms with Crippen molar-refractivity contribution in [3.8, 4) is 0 Å². The van der Waals surface area contributed by atoms with Gasteiger partial charge in [-0.05, 0) is 32.4 Å². The summed E-state index contributed by atoms with van der Waals surface area (Å²) in [6, 6.07) is 3.75. The summed E-state index contributed by atoms with van der Waals surface area (Å²) in [5.41, 5.74) is 5.44. The van der Waals surface area contributed by atoms with Crippen molar-refractivity contribution < 1.29 is 9.53 Å². The Hall–Kier alpha value is -0.870. The minimum Gasteiger partial charge on any atom is -0.469 e. The molecule has 1 heterocycles. The van der Waals surface area contributed by atoms with Crippen molar-refractivity contribution in [3.05, 3.63) is 21.9 Å². The molecule has 90 valence electrons. The molecule has 0 aliphatic heterocycles. The maximum atomic E-state index is 11.6. The number of carbonyl (C=O) groups is 1. The van der Waals surface area contributed by atoms with Gasteiger partial charge in [-0.25, -0.2) is 0 Å². The van der Waals surface area contributed by atoms with Crippen molar-refractivity contribution in [3.63, 3.8) is 0 Å². The third kappa shape index (κ3) is 2.44. The van der Waals surface area contributed by atoms with E-state index in [1.165, 1.54) is 12.0 Å². The van der Waals surface area contributed by atoms with Crippen molar-refractivity contribution in [2.45, 2.75) is 33.2 Å². The van der Waals surface area contributed by atoms with Crippen LogP contribution >= 0.6 is 11.3 Å². The van der Waals surface area contributed by atoms with Crippen LogP contribution in [0.1, 0.15) is 36.6 Å². The molecule has 0 fully saturated rings. The third-order valence-corrected chi connectivity index (χ3v) is 4.14. The number of hydrogen-bond acceptors (Lipinski definition) is 4. The average Bonchev–Trinajstić information content (AvgIpc) is 2.75. The monoisotopic (exact) mass is 241 g/mol. The van der Waals surface area contributed by atoms with E-state index in [1.807, 2.05) is 19.9 Å². The number of nitrogens with two attached hydrogens (primary N) is 1. The van der Waals surface area contributed by atoms with Gasteiger partial charge in [0.2, 0.25) is 0 Å². The fraction of sp³-hybridized carbons (Fsp3) is 0.583. The van der Waals surface area contributed by atoms with Gasteiger partial charge in [0.1, 0.15) is 0 Å². The summed E-state index contributed by atoms with van der Waals surface area (Å²) in [6.45, 7) is 5.73. The van der Waals surface area contributed by atoms with E-state index in [0.717, 1.165) is 11.3 Å². The summed E-state index contributed by atoms with van der Waals surface area (Å²) in [5.74, 6) is -0.272. The zero-order valence-corrected chi connectivity index (χ0v) is 11.1. The zero-order valence-electron chi connectivity index (χ0n) is 10.2. The number of ether oxygens (including phenoxy) is 1. The van der Waals surface area contributed by atoms with Gasteiger partial charge in [0.15, 0.2) is 0 Å². The van der Waals surface area contributed by atoms with Crippen LogP contribution in [0.2, 0.25) is 0 Å². The topological polar surface area (TPSA) is 52.3 Å². The Morgan fingerprint density at radius 2 is 2.19 bits per heavy atom. The molecule has 0 bridgehead atoms. The highest BCUT2D eigenvalue weighted by Gasteiger charge is 2.37. The molecule has 0 spiro atoms. The second-order valence-corrected chi connectivity index (χ2v) is 5.55. The first kappa shape index (κ1) is 13.2. The van der Waals surface area contributed by atoms with E-state index in [1.54, 1.807) is 11.3 Å². The average molecular weight is 241 g/mol. The summed E-state index contributed by atoms with van der Waals surface area (Å²) in [7, 11) is 1.39. The van der Waals surface area contributed by atoms with E-state index in [0.29, 0.717) is 0 Å². The Labute approximate surface area is 101 Å². The predicted octanol–water partition coefficient (Wildman–Crippen LogP) is 2.51. The Balaban J connectivity index is 2.92. The molecule has 0 unspecified atom stereocenters. The normalized spacial score (nSPS) is 13.6. The van der Waals surface area contributed by atoms with Crippen LogP contribution in [0.25, 0.3) is 0 Å². The molecule has 16 heavy (non-hydrogen) atoms. The van der Waals surface area contributed by atoms with Crippen LogP contribution in [-0.2, 0) is 16.0 Å². The number of methoxy groups -OCH3 is 1. The third-order valence-electron chi connectivity index (χ3n) is 2.83. The molecule has 1 rings (SSSR count). The Morgan fingerprint density at radius 1 is 1.56 bits per heavy atom. The lowest BCUT2D eigenvalue weighted by Gasteiger charge is -2.27. The summed E-state index contributed by atoms with van der Waals surface area (Å²) in [4.78, 5) is 13.9. The molecule has 3 nitrogen and oxygen atoms in total. The van der Waals surface area contributed by atoms with E-state index in [2.05, 4.69) is 13.0 Å². The minimum atomic E-state index is -0.690. The van der Waals surface area contributed by atoms with Crippen molar-refractivity contribution in [2.75, 3.05) is 7.11 Å². The molecule has 0 aliphatic carbocycles.